The van der Waals surface area contributed by atoms with Crippen molar-refractivity contribution < 1.29 is 0 Å². The standard InChI is InChI=1S/C12H20N2/c1-9(2)12(3,8-13)10-5-4-6-11(14)7-10/h4-7,9H,8,13-14H2,1-3H3. The van der Waals surface area contributed by atoms with Gasteiger partial charge in [-0.15, -0.1) is 0 Å². The zero-order valence-electron chi connectivity index (χ0n) is 9.25. The summed E-state index contributed by atoms with van der Waals surface area (Å²) < 4.78 is 0. The van der Waals surface area contributed by atoms with Crippen molar-refractivity contribution >= 4 is 5.69 Å². The Morgan fingerprint density at radius 3 is 2.43 bits per heavy atom. The van der Waals surface area contributed by atoms with Gasteiger partial charge in [-0.05, 0) is 23.6 Å². The van der Waals surface area contributed by atoms with E-state index in [9.17, 15) is 0 Å². The van der Waals surface area contributed by atoms with E-state index < -0.39 is 0 Å². The van der Waals surface area contributed by atoms with Crippen LogP contribution in [-0.4, -0.2) is 6.54 Å². The van der Waals surface area contributed by atoms with Gasteiger partial charge in [-0.3, -0.25) is 0 Å². The Labute approximate surface area is 86.3 Å². The molecule has 1 aromatic carbocycles. The average Bonchev–Trinajstić information content (AvgIpc) is 2.16. The lowest BCUT2D eigenvalue weighted by Gasteiger charge is -2.33. The molecule has 1 aromatic rings. The maximum absolute atomic E-state index is 5.85. The van der Waals surface area contributed by atoms with E-state index in [-0.39, 0.29) is 5.41 Å². The molecule has 1 unspecified atom stereocenters. The quantitative estimate of drug-likeness (QED) is 0.721. The van der Waals surface area contributed by atoms with Crippen LogP contribution in [0.3, 0.4) is 0 Å². The molecular formula is C12H20N2. The number of hydrogen-bond donors (Lipinski definition) is 2. The first-order valence-electron chi connectivity index (χ1n) is 5.07. The van der Waals surface area contributed by atoms with Gasteiger partial charge in [0, 0.05) is 17.6 Å². The molecule has 4 N–H and O–H groups in total. The summed E-state index contributed by atoms with van der Waals surface area (Å²) in [6.45, 7) is 7.21. The third-order valence-corrected chi connectivity index (χ3v) is 3.24. The molecule has 2 nitrogen and oxygen atoms in total. The number of anilines is 1. The van der Waals surface area contributed by atoms with Gasteiger partial charge in [0.05, 0.1) is 0 Å². The summed E-state index contributed by atoms with van der Waals surface area (Å²) in [5, 5.41) is 0. The molecule has 0 saturated heterocycles. The summed E-state index contributed by atoms with van der Waals surface area (Å²) in [6, 6.07) is 8.01. The predicted octanol–water partition coefficient (Wildman–Crippen LogP) is 2.14. The van der Waals surface area contributed by atoms with Gasteiger partial charge in [0.2, 0.25) is 0 Å². The highest BCUT2D eigenvalue weighted by atomic mass is 14.6. The maximum Gasteiger partial charge on any atom is 0.0316 e. The van der Waals surface area contributed by atoms with Crippen LogP contribution in [0.25, 0.3) is 0 Å². The zero-order chi connectivity index (χ0) is 10.8. The van der Waals surface area contributed by atoms with E-state index in [0.29, 0.717) is 12.5 Å². The Morgan fingerprint density at radius 2 is 2.00 bits per heavy atom. The third-order valence-electron chi connectivity index (χ3n) is 3.24. The van der Waals surface area contributed by atoms with Crippen LogP contribution in [-0.2, 0) is 5.41 Å². The largest absolute Gasteiger partial charge is 0.399 e. The first kappa shape index (κ1) is 11.1. The summed E-state index contributed by atoms with van der Waals surface area (Å²) in [6.07, 6.45) is 0. The number of nitrogens with two attached hydrogens (primary N) is 2. The van der Waals surface area contributed by atoms with Crippen LogP contribution >= 0.6 is 0 Å². The van der Waals surface area contributed by atoms with E-state index >= 15 is 0 Å². The molecule has 0 saturated carbocycles. The number of rotatable bonds is 3. The SMILES string of the molecule is CC(C)C(C)(CN)c1cccc(N)c1. The molecule has 0 aromatic heterocycles. The summed E-state index contributed by atoms with van der Waals surface area (Å²) >= 11 is 0. The van der Waals surface area contributed by atoms with Crippen molar-refractivity contribution in [3.8, 4) is 0 Å². The van der Waals surface area contributed by atoms with Gasteiger partial charge in [-0.1, -0.05) is 32.9 Å². The van der Waals surface area contributed by atoms with Crippen LogP contribution in [0, 0.1) is 5.92 Å². The monoisotopic (exact) mass is 192 g/mol. The minimum Gasteiger partial charge on any atom is -0.399 e. The molecule has 0 spiro atoms. The molecule has 0 fully saturated rings. The fraction of sp³-hybridized carbons (Fsp3) is 0.500. The Balaban J connectivity index is 3.12. The van der Waals surface area contributed by atoms with Gasteiger partial charge in [0.1, 0.15) is 0 Å². The zero-order valence-corrected chi connectivity index (χ0v) is 9.25. The molecule has 2 heteroatoms. The molecule has 0 bridgehead atoms. The van der Waals surface area contributed by atoms with Crippen LogP contribution in [0.1, 0.15) is 26.3 Å². The first-order valence-corrected chi connectivity index (χ1v) is 5.07. The van der Waals surface area contributed by atoms with Crippen LogP contribution < -0.4 is 11.5 Å². The Bertz CT molecular complexity index is 307. The van der Waals surface area contributed by atoms with Gasteiger partial charge in [-0.25, -0.2) is 0 Å². The highest BCUT2D eigenvalue weighted by Gasteiger charge is 2.28. The molecule has 0 aliphatic rings. The first-order chi connectivity index (χ1) is 6.50. The topological polar surface area (TPSA) is 52.0 Å². The van der Waals surface area contributed by atoms with Crippen molar-refractivity contribution in [1.82, 2.24) is 0 Å². The molecule has 0 amide bonds. The molecule has 1 rings (SSSR count). The van der Waals surface area contributed by atoms with E-state index in [4.69, 9.17) is 11.5 Å². The van der Waals surface area contributed by atoms with E-state index in [0.717, 1.165) is 5.69 Å². The fourth-order valence-corrected chi connectivity index (χ4v) is 1.58. The van der Waals surface area contributed by atoms with Gasteiger partial charge < -0.3 is 11.5 Å². The normalized spacial score (nSPS) is 15.5. The summed E-state index contributed by atoms with van der Waals surface area (Å²) in [5.41, 5.74) is 13.7. The van der Waals surface area contributed by atoms with E-state index in [1.54, 1.807) is 0 Å². The maximum atomic E-state index is 5.85. The molecule has 78 valence electrons. The Kier molecular flexibility index (Phi) is 3.17. The molecule has 0 aliphatic heterocycles. The van der Waals surface area contributed by atoms with Gasteiger partial charge >= 0.3 is 0 Å². The van der Waals surface area contributed by atoms with Crippen molar-refractivity contribution in [2.24, 2.45) is 11.7 Å². The van der Waals surface area contributed by atoms with Gasteiger partial charge in [-0.2, -0.15) is 0 Å². The number of hydrogen-bond acceptors (Lipinski definition) is 2. The molecule has 14 heavy (non-hydrogen) atoms. The van der Waals surface area contributed by atoms with E-state index in [1.165, 1.54) is 5.56 Å². The number of benzene rings is 1. The summed E-state index contributed by atoms with van der Waals surface area (Å²) in [5.74, 6) is 0.509. The molecular weight excluding hydrogens is 172 g/mol. The third kappa shape index (κ3) is 1.90. The van der Waals surface area contributed by atoms with Gasteiger partial charge in [0.15, 0.2) is 0 Å². The molecule has 0 radical (unpaired) electrons. The molecule has 1 atom stereocenters. The van der Waals surface area contributed by atoms with Crippen molar-refractivity contribution in [2.45, 2.75) is 26.2 Å². The average molecular weight is 192 g/mol. The van der Waals surface area contributed by atoms with Crippen LogP contribution in [0.4, 0.5) is 5.69 Å². The van der Waals surface area contributed by atoms with Crippen LogP contribution in [0.5, 0.6) is 0 Å². The van der Waals surface area contributed by atoms with Crippen LogP contribution in [0.15, 0.2) is 24.3 Å². The highest BCUT2D eigenvalue weighted by molar-refractivity contribution is 5.43. The lowest BCUT2D eigenvalue weighted by molar-refractivity contribution is 0.347. The second-order valence-electron chi connectivity index (χ2n) is 4.40. The molecule has 0 aliphatic carbocycles. The lowest BCUT2D eigenvalue weighted by Crippen LogP contribution is -2.37. The van der Waals surface area contributed by atoms with E-state index in [2.05, 4.69) is 26.8 Å². The van der Waals surface area contributed by atoms with Gasteiger partial charge in [0.25, 0.3) is 0 Å². The van der Waals surface area contributed by atoms with Crippen LogP contribution in [0.2, 0.25) is 0 Å². The second kappa shape index (κ2) is 4.01. The Morgan fingerprint density at radius 1 is 1.36 bits per heavy atom. The smallest absolute Gasteiger partial charge is 0.0316 e. The van der Waals surface area contributed by atoms with Crippen molar-refractivity contribution in [2.75, 3.05) is 12.3 Å². The summed E-state index contributed by atoms with van der Waals surface area (Å²) in [7, 11) is 0. The van der Waals surface area contributed by atoms with Crippen molar-refractivity contribution in [3.63, 3.8) is 0 Å². The summed E-state index contributed by atoms with van der Waals surface area (Å²) in [4.78, 5) is 0. The fourth-order valence-electron chi connectivity index (χ4n) is 1.58. The highest BCUT2D eigenvalue weighted by Crippen LogP contribution is 2.31. The Hall–Kier alpha value is -1.02. The predicted molar refractivity (Wildman–Crippen MR) is 62.1 cm³/mol. The number of nitrogen functional groups attached to an aromatic ring is 1. The minimum atomic E-state index is 0.0232. The minimum absolute atomic E-state index is 0.0232. The van der Waals surface area contributed by atoms with Crippen molar-refractivity contribution in [3.05, 3.63) is 29.8 Å². The molecule has 0 heterocycles. The second-order valence-corrected chi connectivity index (χ2v) is 4.40. The van der Waals surface area contributed by atoms with Crippen molar-refractivity contribution in [1.29, 1.82) is 0 Å². The van der Waals surface area contributed by atoms with E-state index in [1.807, 2.05) is 18.2 Å². The lowest BCUT2D eigenvalue weighted by atomic mass is 9.73.